The van der Waals surface area contributed by atoms with Crippen LogP contribution in [0.15, 0.2) is 12.4 Å². The summed E-state index contributed by atoms with van der Waals surface area (Å²) in [5.41, 5.74) is 1.27. The molecule has 3 rings (SSSR count). The summed E-state index contributed by atoms with van der Waals surface area (Å²) in [7, 11) is 5.47. The van der Waals surface area contributed by atoms with Gasteiger partial charge in [-0.15, -0.1) is 11.8 Å². The van der Waals surface area contributed by atoms with Gasteiger partial charge < -0.3 is 9.64 Å². The molecule has 0 saturated carbocycles. The molecule has 22 heavy (non-hydrogen) atoms. The van der Waals surface area contributed by atoms with Gasteiger partial charge in [-0.25, -0.2) is 0 Å². The lowest BCUT2D eigenvalue weighted by molar-refractivity contribution is -0.135. The van der Waals surface area contributed by atoms with E-state index in [0.29, 0.717) is 4.75 Å². The van der Waals surface area contributed by atoms with Crippen LogP contribution < -0.4 is 0 Å². The quantitative estimate of drug-likeness (QED) is 0.793. The number of aryl methyl sites for hydroxylation is 1. The predicted octanol–water partition coefficient (Wildman–Crippen LogP) is 0.585. The fourth-order valence-electron chi connectivity index (χ4n) is 3.14. The minimum absolute atomic E-state index is 0.0396. The third-order valence-electron chi connectivity index (χ3n) is 4.30. The summed E-state index contributed by atoms with van der Waals surface area (Å²) in [6.45, 7) is 3.39. The number of thioether (sulfide) groups is 1. The van der Waals surface area contributed by atoms with Gasteiger partial charge in [0, 0.05) is 63.0 Å². The number of nitrogens with zero attached hydrogens (tertiary/aromatic N) is 4. The average Bonchev–Trinajstić information content (AvgIpc) is 3.02. The second kappa shape index (κ2) is 6.22. The van der Waals surface area contributed by atoms with E-state index >= 15 is 0 Å². The van der Waals surface area contributed by atoms with E-state index in [0.717, 1.165) is 31.8 Å². The number of ether oxygens (including phenoxy) is 1. The molecule has 2 fully saturated rings. The SMILES string of the molecule is CN(C)C(=O)CO[C@@H]1CSC2(C1)CN(Cc1cnn(C)c1)C2. The Morgan fingerprint density at radius 3 is 2.95 bits per heavy atom. The molecule has 0 N–H and O–H groups in total. The summed E-state index contributed by atoms with van der Waals surface area (Å²) in [6.07, 6.45) is 5.29. The Bertz CT molecular complexity index is 539. The molecule has 0 aromatic carbocycles. The molecule has 6 nitrogen and oxygen atoms in total. The van der Waals surface area contributed by atoms with E-state index in [1.807, 2.05) is 29.7 Å². The van der Waals surface area contributed by atoms with E-state index in [1.54, 1.807) is 19.0 Å². The number of aromatic nitrogens is 2. The Hall–Kier alpha value is -1.05. The van der Waals surface area contributed by atoms with Crippen molar-refractivity contribution in [2.75, 3.05) is 39.5 Å². The highest BCUT2D eigenvalue weighted by atomic mass is 32.2. The number of hydrogen-bond donors (Lipinski definition) is 0. The van der Waals surface area contributed by atoms with Crippen LogP contribution >= 0.6 is 11.8 Å². The first-order chi connectivity index (χ1) is 10.5. The van der Waals surface area contributed by atoms with Gasteiger partial charge in [0.25, 0.3) is 0 Å². The maximum atomic E-state index is 11.6. The number of carbonyl (C=O) groups excluding carboxylic acids is 1. The molecule has 2 saturated heterocycles. The first-order valence-corrected chi connectivity index (χ1v) is 8.60. The molecule has 0 aliphatic carbocycles. The standard InChI is InChI=1S/C15H24N4O2S/c1-17(2)14(20)8-21-13-4-15(22-9-13)10-19(11-15)7-12-5-16-18(3)6-12/h5-6,13H,4,7-11H2,1-3H3/t13-/m0/s1. The second-order valence-electron chi connectivity index (χ2n) is 6.59. The molecule has 1 atom stereocenters. The summed E-state index contributed by atoms with van der Waals surface area (Å²) in [6, 6.07) is 0. The number of hydrogen-bond acceptors (Lipinski definition) is 5. The van der Waals surface area contributed by atoms with Gasteiger partial charge in [0.2, 0.25) is 5.91 Å². The van der Waals surface area contributed by atoms with Gasteiger partial charge >= 0.3 is 0 Å². The Balaban J connectivity index is 1.41. The van der Waals surface area contributed by atoms with Gasteiger partial charge in [-0.3, -0.25) is 14.4 Å². The van der Waals surface area contributed by atoms with Crippen molar-refractivity contribution in [3.63, 3.8) is 0 Å². The molecule has 3 heterocycles. The second-order valence-corrected chi connectivity index (χ2v) is 8.07. The average molecular weight is 324 g/mol. The molecule has 0 radical (unpaired) electrons. The van der Waals surface area contributed by atoms with Gasteiger partial charge in [0.15, 0.2) is 0 Å². The Morgan fingerprint density at radius 2 is 2.32 bits per heavy atom. The first kappa shape index (κ1) is 15.8. The van der Waals surface area contributed by atoms with Gasteiger partial charge in [-0.2, -0.15) is 5.10 Å². The van der Waals surface area contributed by atoms with Gasteiger partial charge in [0.1, 0.15) is 6.61 Å². The number of carbonyl (C=O) groups is 1. The normalized spacial score (nSPS) is 23.7. The fourth-order valence-corrected chi connectivity index (χ4v) is 4.75. The van der Waals surface area contributed by atoms with E-state index in [4.69, 9.17) is 4.74 Å². The van der Waals surface area contributed by atoms with E-state index < -0.39 is 0 Å². The third-order valence-corrected chi connectivity index (χ3v) is 5.88. The van der Waals surface area contributed by atoms with E-state index in [-0.39, 0.29) is 18.6 Å². The van der Waals surface area contributed by atoms with Crippen LogP contribution in [0.4, 0.5) is 0 Å². The molecule has 0 unspecified atom stereocenters. The smallest absolute Gasteiger partial charge is 0.248 e. The zero-order valence-corrected chi connectivity index (χ0v) is 14.3. The van der Waals surface area contributed by atoms with E-state index in [9.17, 15) is 4.79 Å². The summed E-state index contributed by atoms with van der Waals surface area (Å²) in [5, 5.41) is 4.21. The summed E-state index contributed by atoms with van der Waals surface area (Å²) in [4.78, 5) is 15.6. The van der Waals surface area contributed by atoms with Crippen LogP contribution in [0.5, 0.6) is 0 Å². The number of amides is 1. The maximum absolute atomic E-state index is 11.6. The Kier molecular flexibility index (Phi) is 4.47. The first-order valence-electron chi connectivity index (χ1n) is 7.61. The van der Waals surface area contributed by atoms with Crippen molar-refractivity contribution in [2.24, 2.45) is 7.05 Å². The molecule has 1 spiro atoms. The van der Waals surface area contributed by atoms with Crippen molar-refractivity contribution in [3.8, 4) is 0 Å². The Labute approximate surface area is 135 Å². The van der Waals surface area contributed by atoms with Gasteiger partial charge in [0.05, 0.1) is 12.3 Å². The molecule has 1 aromatic heterocycles. The van der Waals surface area contributed by atoms with Crippen molar-refractivity contribution in [2.45, 2.75) is 23.8 Å². The highest BCUT2D eigenvalue weighted by Gasteiger charge is 2.49. The molecule has 2 aliphatic heterocycles. The van der Waals surface area contributed by atoms with Crippen LogP contribution in [0, 0.1) is 0 Å². The topological polar surface area (TPSA) is 50.6 Å². The monoisotopic (exact) mass is 324 g/mol. The van der Waals surface area contributed by atoms with Crippen LogP contribution in [0.3, 0.4) is 0 Å². The highest BCUT2D eigenvalue weighted by molar-refractivity contribution is 8.01. The third kappa shape index (κ3) is 3.47. The lowest BCUT2D eigenvalue weighted by atomic mass is 9.92. The van der Waals surface area contributed by atoms with Gasteiger partial charge in [-0.05, 0) is 6.42 Å². The molecule has 122 valence electrons. The predicted molar refractivity (Wildman–Crippen MR) is 86.7 cm³/mol. The van der Waals surface area contributed by atoms with E-state index in [2.05, 4.69) is 16.2 Å². The minimum Gasteiger partial charge on any atom is -0.367 e. The molecule has 7 heteroatoms. The van der Waals surface area contributed by atoms with Crippen molar-refractivity contribution in [3.05, 3.63) is 18.0 Å². The van der Waals surface area contributed by atoms with E-state index in [1.165, 1.54) is 5.56 Å². The van der Waals surface area contributed by atoms with Crippen molar-refractivity contribution < 1.29 is 9.53 Å². The maximum Gasteiger partial charge on any atom is 0.248 e. The molecular weight excluding hydrogens is 300 g/mol. The fraction of sp³-hybridized carbons (Fsp3) is 0.733. The molecule has 1 aromatic rings. The highest BCUT2D eigenvalue weighted by Crippen LogP contribution is 2.46. The minimum atomic E-state index is 0.0396. The van der Waals surface area contributed by atoms with Crippen molar-refractivity contribution in [1.82, 2.24) is 19.6 Å². The largest absolute Gasteiger partial charge is 0.367 e. The zero-order valence-electron chi connectivity index (χ0n) is 13.5. The molecule has 0 bridgehead atoms. The summed E-state index contributed by atoms with van der Waals surface area (Å²) in [5.74, 6) is 1.04. The lowest BCUT2D eigenvalue weighted by Gasteiger charge is -2.47. The number of rotatable bonds is 5. The van der Waals surface area contributed by atoms with Gasteiger partial charge in [-0.1, -0.05) is 0 Å². The molecular formula is C15H24N4O2S. The summed E-state index contributed by atoms with van der Waals surface area (Å²) >= 11 is 2.01. The number of likely N-dealkylation sites (tertiary alicyclic amines) is 1. The molecule has 1 amide bonds. The zero-order chi connectivity index (χ0) is 15.7. The van der Waals surface area contributed by atoms with Crippen LogP contribution in [-0.2, 0) is 23.1 Å². The lowest BCUT2D eigenvalue weighted by Crippen LogP contribution is -2.58. The Morgan fingerprint density at radius 1 is 1.55 bits per heavy atom. The number of likely N-dealkylation sites (N-methyl/N-ethyl adjacent to an activating group) is 1. The van der Waals surface area contributed by atoms with Crippen LogP contribution in [0.2, 0.25) is 0 Å². The van der Waals surface area contributed by atoms with Crippen LogP contribution in [0.25, 0.3) is 0 Å². The van der Waals surface area contributed by atoms with Crippen LogP contribution in [-0.4, -0.2) is 75.9 Å². The molecule has 2 aliphatic rings. The summed E-state index contributed by atoms with van der Waals surface area (Å²) < 4.78 is 7.96. The van der Waals surface area contributed by atoms with Crippen molar-refractivity contribution >= 4 is 17.7 Å². The van der Waals surface area contributed by atoms with Crippen molar-refractivity contribution in [1.29, 1.82) is 0 Å². The van der Waals surface area contributed by atoms with Crippen LogP contribution in [0.1, 0.15) is 12.0 Å².